The molecule has 8 nitrogen and oxygen atoms in total. The highest BCUT2D eigenvalue weighted by Gasteiger charge is 2.20. The molecule has 0 bridgehead atoms. The Hall–Kier alpha value is -3.94. The normalized spacial score (nSPS) is 12.5. The zero-order valence-electron chi connectivity index (χ0n) is 17.0. The number of rotatable bonds is 4. The van der Waals surface area contributed by atoms with Crippen molar-refractivity contribution in [3.05, 3.63) is 71.4 Å². The Kier molecular flexibility index (Phi) is 6.07. The molecule has 1 aliphatic carbocycles. The highest BCUT2D eigenvalue weighted by Crippen LogP contribution is 2.29. The Balaban J connectivity index is 0.000000730. The van der Waals surface area contributed by atoms with Crippen molar-refractivity contribution in [3.63, 3.8) is 0 Å². The number of hydrogen-bond acceptors (Lipinski definition) is 6. The van der Waals surface area contributed by atoms with Gasteiger partial charge in [0.05, 0.1) is 16.7 Å². The van der Waals surface area contributed by atoms with E-state index in [1.165, 1.54) is 17.5 Å². The molecule has 0 radical (unpaired) electrons. The summed E-state index contributed by atoms with van der Waals surface area (Å²) in [6.07, 6.45) is 4.30. The molecule has 0 unspecified atom stereocenters. The van der Waals surface area contributed by atoms with E-state index in [1.54, 1.807) is 0 Å². The van der Waals surface area contributed by atoms with Crippen LogP contribution in [0.25, 0.3) is 17.0 Å². The first kappa shape index (κ1) is 20.3. The topological polar surface area (TPSA) is 119 Å². The van der Waals surface area contributed by atoms with Crippen LogP contribution in [-0.2, 0) is 24.2 Å². The molecule has 0 aliphatic heterocycles. The minimum Gasteiger partial charge on any atom is -0.483 e. The second-order valence-electron chi connectivity index (χ2n) is 7.24. The summed E-state index contributed by atoms with van der Waals surface area (Å²) >= 11 is 0. The van der Waals surface area contributed by atoms with Gasteiger partial charge in [-0.25, -0.2) is 14.5 Å². The van der Waals surface area contributed by atoms with Crippen molar-refractivity contribution in [1.29, 1.82) is 0 Å². The summed E-state index contributed by atoms with van der Waals surface area (Å²) in [5.41, 5.74) is 11.6. The Morgan fingerprint density at radius 2 is 1.71 bits per heavy atom. The summed E-state index contributed by atoms with van der Waals surface area (Å²) in [5.74, 6) is 1.90. The Bertz CT molecular complexity index is 1190. The van der Waals surface area contributed by atoms with Crippen LogP contribution in [0.3, 0.4) is 0 Å². The van der Waals surface area contributed by atoms with Gasteiger partial charge in [-0.1, -0.05) is 42.5 Å². The number of benzene rings is 2. The van der Waals surface area contributed by atoms with Crippen LogP contribution >= 0.6 is 0 Å². The number of fused-ring (bicyclic) bond motifs is 2. The molecule has 0 saturated carbocycles. The fourth-order valence-corrected chi connectivity index (χ4v) is 3.86. The van der Waals surface area contributed by atoms with Gasteiger partial charge in [0, 0.05) is 12.1 Å². The van der Waals surface area contributed by atoms with E-state index in [0.717, 1.165) is 48.4 Å². The maximum atomic E-state index is 8.36. The van der Waals surface area contributed by atoms with Crippen LogP contribution in [0.4, 0.5) is 11.8 Å². The maximum absolute atomic E-state index is 8.36. The van der Waals surface area contributed by atoms with Gasteiger partial charge in [0.15, 0.2) is 0 Å². The number of nitrogens with two attached hydrogens (primary N) is 1. The number of para-hydroxylation sites is 2. The predicted octanol–water partition coefficient (Wildman–Crippen LogP) is 3.59. The molecule has 8 heteroatoms. The molecule has 1 aliphatic rings. The number of carbonyl (C=O) groups is 1. The number of nitrogens with one attached hydrogen (secondary N) is 1. The van der Waals surface area contributed by atoms with E-state index in [4.69, 9.17) is 25.6 Å². The first-order valence-corrected chi connectivity index (χ1v) is 10.2. The number of aryl methyl sites for hydroxylation is 1. The summed E-state index contributed by atoms with van der Waals surface area (Å²) in [6, 6.07) is 18.2. The molecule has 2 heterocycles. The van der Waals surface area contributed by atoms with Crippen molar-refractivity contribution >= 4 is 29.3 Å². The van der Waals surface area contributed by atoms with Crippen LogP contribution in [0.5, 0.6) is 0 Å². The second-order valence-corrected chi connectivity index (χ2v) is 7.24. The summed E-state index contributed by atoms with van der Waals surface area (Å²) in [4.78, 5) is 22.6. The van der Waals surface area contributed by atoms with Crippen LogP contribution in [-0.4, -0.2) is 31.1 Å². The van der Waals surface area contributed by atoms with E-state index < -0.39 is 0 Å². The van der Waals surface area contributed by atoms with Crippen molar-refractivity contribution < 1.29 is 9.90 Å². The summed E-state index contributed by atoms with van der Waals surface area (Å²) in [6.45, 7) is 0.476. The lowest BCUT2D eigenvalue weighted by atomic mass is 9.96. The van der Waals surface area contributed by atoms with Crippen molar-refractivity contribution in [2.45, 2.75) is 32.2 Å². The zero-order valence-corrected chi connectivity index (χ0v) is 17.0. The Morgan fingerprint density at radius 1 is 1.00 bits per heavy atom. The van der Waals surface area contributed by atoms with Gasteiger partial charge in [-0.05, 0) is 43.4 Å². The van der Waals surface area contributed by atoms with E-state index in [1.807, 2.05) is 34.9 Å². The van der Waals surface area contributed by atoms with Gasteiger partial charge >= 0.3 is 0 Å². The zero-order chi connectivity index (χ0) is 21.6. The molecule has 0 amide bonds. The van der Waals surface area contributed by atoms with Crippen molar-refractivity contribution in [2.75, 3.05) is 11.1 Å². The van der Waals surface area contributed by atoms with Gasteiger partial charge < -0.3 is 16.2 Å². The fraction of sp³-hybridized carbons (Fsp3) is 0.217. The molecule has 158 valence electrons. The van der Waals surface area contributed by atoms with E-state index in [-0.39, 0.29) is 6.47 Å². The molecule has 2 aromatic carbocycles. The quantitative estimate of drug-likeness (QED) is 0.435. The SMILES string of the molecule is Nc1nc2ccccc2n1-c1nc2c(c(NCc3ccccc3)n1)CCCC2.O=CO. The highest BCUT2D eigenvalue weighted by atomic mass is 16.3. The smallest absolute Gasteiger partial charge is 0.290 e. The van der Waals surface area contributed by atoms with Crippen molar-refractivity contribution in [1.82, 2.24) is 19.5 Å². The van der Waals surface area contributed by atoms with E-state index >= 15 is 0 Å². The van der Waals surface area contributed by atoms with E-state index in [2.05, 4.69) is 34.6 Å². The summed E-state index contributed by atoms with van der Waals surface area (Å²) in [7, 11) is 0. The van der Waals surface area contributed by atoms with Crippen molar-refractivity contribution in [2.24, 2.45) is 0 Å². The van der Waals surface area contributed by atoms with Gasteiger partial charge in [-0.3, -0.25) is 4.79 Å². The lowest BCUT2D eigenvalue weighted by Gasteiger charge is -2.20. The number of anilines is 2. The van der Waals surface area contributed by atoms with Gasteiger partial charge in [-0.15, -0.1) is 0 Å². The summed E-state index contributed by atoms with van der Waals surface area (Å²) in [5, 5.41) is 10.4. The molecule has 5 rings (SSSR count). The standard InChI is InChI=1S/C22H22N6.CH2O2/c23-21-25-18-12-6-7-13-19(18)28(21)22-26-17-11-5-4-10-16(17)20(27-22)24-14-15-8-2-1-3-9-15;2-1-3/h1-3,6-9,12-13H,4-5,10-11,14H2,(H2,23,25)(H,24,26,27);1H,(H,2,3). The molecule has 0 saturated heterocycles. The number of aromatic nitrogens is 4. The van der Waals surface area contributed by atoms with Crippen molar-refractivity contribution in [3.8, 4) is 5.95 Å². The highest BCUT2D eigenvalue weighted by molar-refractivity contribution is 5.80. The molecule has 2 aromatic heterocycles. The van der Waals surface area contributed by atoms with E-state index in [0.29, 0.717) is 11.9 Å². The number of nitrogen functional groups attached to an aromatic ring is 1. The number of nitrogens with zero attached hydrogens (tertiary/aromatic N) is 4. The minimum atomic E-state index is -0.250. The first-order valence-electron chi connectivity index (χ1n) is 10.2. The van der Waals surface area contributed by atoms with Gasteiger partial charge in [0.25, 0.3) is 6.47 Å². The molecule has 31 heavy (non-hydrogen) atoms. The molecular weight excluding hydrogens is 392 g/mol. The number of imidazole rings is 1. The van der Waals surface area contributed by atoms with Gasteiger partial charge in [0.2, 0.25) is 11.9 Å². The van der Waals surface area contributed by atoms with Crippen LogP contribution < -0.4 is 11.1 Å². The molecule has 4 aromatic rings. The van der Waals surface area contributed by atoms with Gasteiger partial charge in [0.1, 0.15) is 5.82 Å². The third kappa shape index (κ3) is 4.32. The minimum absolute atomic E-state index is 0.250. The molecule has 4 N–H and O–H groups in total. The molecule has 0 atom stereocenters. The monoisotopic (exact) mass is 416 g/mol. The summed E-state index contributed by atoms with van der Waals surface area (Å²) < 4.78 is 1.85. The van der Waals surface area contributed by atoms with E-state index in [9.17, 15) is 0 Å². The average molecular weight is 416 g/mol. The Morgan fingerprint density at radius 3 is 2.52 bits per heavy atom. The lowest BCUT2D eigenvalue weighted by molar-refractivity contribution is -0.122. The largest absolute Gasteiger partial charge is 0.483 e. The first-order chi connectivity index (χ1) is 15.2. The number of carboxylic acid groups (broad SMARTS) is 1. The maximum Gasteiger partial charge on any atom is 0.290 e. The van der Waals surface area contributed by atoms with Gasteiger partial charge in [-0.2, -0.15) is 4.98 Å². The molecule has 0 spiro atoms. The second kappa shape index (κ2) is 9.25. The lowest BCUT2D eigenvalue weighted by Crippen LogP contribution is -2.16. The van der Waals surface area contributed by atoms with Crippen LogP contribution in [0.2, 0.25) is 0 Å². The molecular formula is C23H24N6O2. The third-order valence-electron chi connectivity index (χ3n) is 5.26. The Labute approximate surface area is 179 Å². The van der Waals surface area contributed by atoms with Crippen LogP contribution in [0.15, 0.2) is 54.6 Å². The third-order valence-corrected chi connectivity index (χ3v) is 5.26. The average Bonchev–Trinajstić information content (AvgIpc) is 3.14. The van der Waals surface area contributed by atoms with Crippen LogP contribution in [0.1, 0.15) is 29.7 Å². The predicted molar refractivity (Wildman–Crippen MR) is 120 cm³/mol. The fourth-order valence-electron chi connectivity index (χ4n) is 3.86. The molecule has 0 fully saturated rings. The number of hydrogen-bond donors (Lipinski definition) is 3. The van der Waals surface area contributed by atoms with Crippen LogP contribution in [0, 0.1) is 0 Å².